The molecule has 0 atom stereocenters. The Bertz CT molecular complexity index is 840. The largest absolute Gasteiger partial charge is 0.506 e. The second kappa shape index (κ2) is 4.90. The first-order valence-corrected chi connectivity index (χ1v) is 6.38. The molecule has 106 valence electrons. The molecule has 6 heteroatoms. The van der Waals surface area contributed by atoms with Gasteiger partial charge >= 0.3 is 0 Å². The quantitative estimate of drug-likeness (QED) is 0.718. The van der Waals surface area contributed by atoms with Gasteiger partial charge in [-0.05, 0) is 37.3 Å². The monoisotopic (exact) mass is 283 g/mol. The molecule has 3 aromatic rings. The molecule has 1 aromatic carbocycles. The lowest BCUT2D eigenvalue weighted by Crippen LogP contribution is -2.03. The number of imidazole rings is 1. The Hall–Kier alpha value is -2.89. The summed E-state index contributed by atoms with van der Waals surface area (Å²) in [5, 5.41) is 19.8. The van der Waals surface area contributed by atoms with Gasteiger partial charge in [0.25, 0.3) is 6.01 Å². The SMILES string of the molecule is Cc1ccc(O)c(Cn2c(O)nc3ccc(C=O)cc32)n1. The van der Waals surface area contributed by atoms with Crippen molar-refractivity contribution in [2.75, 3.05) is 0 Å². The normalized spacial score (nSPS) is 10.9. The van der Waals surface area contributed by atoms with Gasteiger partial charge in [-0.1, -0.05) is 0 Å². The lowest BCUT2D eigenvalue weighted by Gasteiger charge is -2.08. The van der Waals surface area contributed by atoms with E-state index in [1.165, 1.54) is 4.57 Å². The molecule has 2 heterocycles. The number of carbonyl (C=O) groups is 1. The number of hydrogen-bond donors (Lipinski definition) is 2. The standard InChI is InChI=1S/C15H13N3O3/c1-9-2-5-14(20)12(16-9)7-18-13-6-10(8-19)3-4-11(13)17-15(18)21/h2-6,8,20H,7H2,1H3,(H,17,21). The summed E-state index contributed by atoms with van der Waals surface area (Å²) in [5.74, 6) is 0.0494. The van der Waals surface area contributed by atoms with Crippen LogP contribution >= 0.6 is 0 Å². The molecule has 0 spiro atoms. The summed E-state index contributed by atoms with van der Waals surface area (Å²) < 4.78 is 1.50. The van der Waals surface area contributed by atoms with Crippen LogP contribution in [0.2, 0.25) is 0 Å². The van der Waals surface area contributed by atoms with E-state index >= 15 is 0 Å². The van der Waals surface area contributed by atoms with Crippen molar-refractivity contribution >= 4 is 17.3 Å². The van der Waals surface area contributed by atoms with Crippen molar-refractivity contribution < 1.29 is 15.0 Å². The second-order valence-corrected chi connectivity index (χ2v) is 4.78. The van der Waals surface area contributed by atoms with Gasteiger partial charge in [-0.3, -0.25) is 14.3 Å². The molecule has 0 aliphatic carbocycles. The average Bonchev–Trinajstić information content (AvgIpc) is 2.78. The second-order valence-electron chi connectivity index (χ2n) is 4.78. The van der Waals surface area contributed by atoms with E-state index in [2.05, 4.69) is 9.97 Å². The fourth-order valence-corrected chi connectivity index (χ4v) is 2.23. The minimum Gasteiger partial charge on any atom is -0.506 e. The van der Waals surface area contributed by atoms with E-state index in [9.17, 15) is 15.0 Å². The van der Waals surface area contributed by atoms with Crippen LogP contribution in [-0.4, -0.2) is 31.0 Å². The third kappa shape index (κ3) is 2.31. The third-order valence-corrected chi connectivity index (χ3v) is 3.29. The van der Waals surface area contributed by atoms with Crippen molar-refractivity contribution in [2.45, 2.75) is 13.5 Å². The summed E-state index contributed by atoms with van der Waals surface area (Å²) >= 11 is 0. The van der Waals surface area contributed by atoms with Crippen molar-refractivity contribution in [3.63, 3.8) is 0 Å². The molecular formula is C15H13N3O3. The molecule has 0 bridgehead atoms. The molecule has 0 radical (unpaired) electrons. The van der Waals surface area contributed by atoms with Crippen molar-refractivity contribution in [2.24, 2.45) is 0 Å². The molecule has 3 rings (SSSR count). The number of nitrogens with zero attached hydrogens (tertiary/aromatic N) is 3. The zero-order valence-electron chi connectivity index (χ0n) is 11.3. The van der Waals surface area contributed by atoms with E-state index in [0.717, 1.165) is 12.0 Å². The Balaban J connectivity index is 2.13. The number of fused-ring (bicyclic) bond motifs is 1. The van der Waals surface area contributed by atoms with E-state index in [-0.39, 0.29) is 18.3 Å². The average molecular weight is 283 g/mol. The van der Waals surface area contributed by atoms with Gasteiger partial charge in [0.1, 0.15) is 17.7 Å². The molecule has 2 aromatic heterocycles. The van der Waals surface area contributed by atoms with Gasteiger partial charge in [-0.2, -0.15) is 4.98 Å². The summed E-state index contributed by atoms with van der Waals surface area (Å²) in [5.41, 5.74) is 2.87. The first kappa shape index (κ1) is 13.1. The van der Waals surface area contributed by atoms with Crippen molar-refractivity contribution in [3.8, 4) is 11.8 Å². The fourth-order valence-electron chi connectivity index (χ4n) is 2.23. The summed E-state index contributed by atoms with van der Waals surface area (Å²) in [7, 11) is 0. The van der Waals surface area contributed by atoms with Crippen LogP contribution in [0.1, 0.15) is 21.7 Å². The van der Waals surface area contributed by atoms with E-state index in [4.69, 9.17) is 0 Å². The van der Waals surface area contributed by atoms with Gasteiger partial charge in [0.2, 0.25) is 0 Å². The molecule has 0 unspecified atom stereocenters. The van der Waals surface area contributed by atoms with Crippen LogP contribution in [0.4, 0.5) is 0 Å². The number of rotatable bonds is 3. The zero-order chi connectivity index (χ0) is 15.0. The number of aromatic hydroxyl groups is 2. The number of aromatic nitrogens is 3. The number of pyridine rings is 1. The van der Waals surface area contributed by atoms with E-state index < -0.39 is 0 Å². The van der Waals surface area contributed by atoms with Gasteiger partial charge in [0.15, 0.2) is 0 Å². The van der Waals surface area contributed by atoms with Crippen LogP contribution in [-0.2, 0) is 6.54 Å². The summed E-state index contributed by atoms with van der Waals surface area (Å²) in [6, 6.07) is 8.02. The van der Waals surface area contributed by atoms with Crippen LogP contribution in [0.15, 0.2) is 30.3 Å². The van der Waals surface area contributed by atoms with E-state index in [1.54, 1.807) is 30.3 Å². The molecule has 0 amide bonds. The van der Waals surface area contributed by atoms with Gasteiger partial charge in [-0.15, -0.1) is 0 Å². The molecule has 2 N–H and O–H groups in total. The highest BCUT2D eigenvalue weighted by molar-refractivity contribution is 5.85. The Morgan fingerprint density at radius 3 is 2.76 bits per heavy atom. The van der Waals surface area contributed by atoms with Gasteiger partial charge in [-0.25, -0.2) is 0 Å². The minimum absolute atomic E-state index is 0.0494. The minimum atomic E-state index is -0.184. The van der Waals surface area contributed by atoms with Crippen LogP contribution < -0.4 is 0 Å². The maximum Gasteiger partial charge on any atom is 0.295 e. The number of aryl methyl sites for hydroxylation is 1. The van der Waals surface area contributed by atoms with Gasteiger partial charge in [0, 0.05) is 11.3 Å². The van der Waals surface area contributed by atoms with E-state index in [0.29, 0.717) is 22.3 Å². The molecule has 0 aliphatic heterocycles. The maximum atomic E-state index is 10.9. The molecule has 21 heavy (non-hydrogen) atoms. The van der Waals surface area contributed by atoms with Crippen molar-refractivity contribution in [1.82, 2.24) is 14.5 Å². The van der Waals surface area contributed by atoms with Crippen molar-refractivity contribution in [1.29, 1.82) is 0 Å². The zero-order valence-corrected chi connectivity index (χ0v) is 11.3. The number of aldehydes is 1. The van der Waals surface area contributed by atoms with Crippen LogP contribution in [0.3, 0.4) is 0 Å². The maximum absolute atomic E-state index is 10.9. The summed E-state index contributed by atoms with van der Waals surface area (Å²) in [4.78, 5) is 19.2. The first-order chi connectivity index (χ1) is 10.1. The summed E-state index contributed by atoms with van der Waals surface area (Å²) in [6.45, 7) is 1.98. The number of carbonyl (C=O) groups excluding carboxylic acids is 1. The third-order valence-electron chi connectivity index (χ3n) is 3.29. The Morgan fingerprint density at radius 2 is 2.00 bits per heavy atom. The Kier molecular flexibility index (Phi) is 3.06. The Morgan fingerprint density at radius 1 is 1.19 bits per heavy atom. The van der Waals surface area contributed by atoms with Crippen LogP contribution in [0, 0.1) is 6.92 Å². The van der Waals surface area contributed by atoms with Gasteiger partial charge < -0.3 is 10.2 Å². The molecule has 0 saturated carbocycles. The molecule has 6 nitrogen and oxygen atoms in total. The molecular weight excluding hydrogens is 270 g/mol. The highest BCUT2D eigenvalue weighted by Crippen LogP contribution is 2.25. The molecule has 0 saturated heterocycles. The van der Waals surface area contributed by atoms with E-state index in [1.807, 2.05) is 6.92 Å². The highest BCUT2D eigenvalue weighted by Gasteiger charge is 2.13. The molecule has 0 aliphatic rings. The predicted octanol–water partition coefficient (Wildman–Crippen LogP) is 2.01. The lowest BCUT2D eigenvalue weighted by molar-refractivity contribution is 0.112. The first-order valence-electron chi connectivity index (χ1n) is 6.38. The lowest BCUT2D eigenvalue weighted by atomic mass is 10.2. The van der Waals surface area contributed by atoms with Crippen LogP contribution in [0.5, 0.6) is 11.8 Å². The number of hydrogen-bond acceptors (Lipinski definition) is 5. The highest BCUT2D eigenvalue weighted by atomic mass is 16.3. The smallest absolute Gasteiger partial charge is 0.295 e. The topological polar surface area (TPSA) is 88.2 Å². The fraction of sp³-hybridized carbons (Fsp3) is 0.133. The predicted molar refractivity (Wildman–Crippen MR) is 76.5 cm³/mol. The molecule has 0 fully saturated rings. The van der Waals surface area contributed by atoms with Crippen molar-refractivity contribution in [3.05, 3.63) is 47.3 Å². The van der Waals surface area contributed by atoms with Gasteiger partial charge in [0.05, 0.1) is 17.6 Å². The Labute approximate surface area is 120 Å². The summed E-state index contributed by atoms with van der Waals surface area (Å²) in [6.07, 6.45) is 0.732. The van der Waals surface area contributed by atoms with Crippen LogP contribution in [0.25, 0.3) is 11.0 Å². The number of benzene rings is 1.